The van der Waals surface area contributed by atoms with E-state index in [-0.39, 0.29) is 4.88 Å². The summed E-state index contributed by atoms with van der Waals surface area (Å²) in [5.41, 5.74) is 1.33. The van der Waals surface area contributed by atoms with Crippen molar-refractivity contribution in [3.05, 3.63) is 35.5 Å². The lowest BCUT2D eigenvalue weighted by Gasteiger charge is -2.05. The van der Waals surface area contributed by atoms with Gasteiger partial charge in [0.2, 0.25) is 0 Å². The van der Waals surface area contributed by atoms with E-state index >= 15 is 0 Å². The summed E-state index contributed by atoms with van der Waals surface area (Å²) >= 11 is 1.13. The Morgan fingerprint density at radius 3 is 2.70 bits per heavy atom. The summed E-state index contributed by atoms with van der Waals surface area (Å²) in [7, 11) is 0. The number of aryl methyl sites for hydroxylation is 1. The molecule has 0 fully saturated rings. The molecule has 0 aliphatic rings. The predicted molar refractivity (Wildman–Crippen MR) is 74.4 cm³/mol. The second-order valence-electron chi connectivity index (χ2n) is 4.02. The summed E-state index contributed by atoms with van der Waals surface area (Å²) in [4.78, 5) is 28.2. The van der Waals surface area contributed by atoms with E-state index in [1.807, 2.05) is 0 Å². The first-order chi connectivity index (χ1) is 9.66. The van der Waals surface area contributed by atoms with Gasteiger partial charge in [-0.15, -0.1) is 11.3 Å². The molecule has 3 aromatic heterocycles. The maximum Gasteiger partial charge on any atom is 0.346 e. The second kappa shape index (κ2) is 4.82. The fourth-order valence-electron chi connectivity index (χ4n) is 1.87. The lowest BCUT2D eigenvalue weighted by atomic mass is 10.2. The van der Waals surface area contributed by atoms with Crippen molar-refractivity contribution in [1.29, 1.82) is 0 Å². The van der Waals surface area contributed by atoms with E-state index in [1.165, 1.54) is 12.7 Å². The van der Waals surface area contributed by atoms with Crippen LogP contribution < -0.4 is 5.32 Å². The SMILES string of the molecule is Cc1c(C(=O)O)sc2ncnc(Nc3cncnc3)c12. The molecule has 3 heterocycles. The molecule has 7 nitrogen and oxygen atoms in total. The first-order valence-electron chi connectivity index (χ1n) is 5.66. The number of carbonyl (C=O) groups is 1. The first-order valence-corrected chi connectivity index (χ1v) is 6.48. The van der Waals surface area contributed by atoms with Crippen molar-refractivity contribution in [2.75, 3.05) is 5.32 Å². The van der Waals surface area contributed by atoms with Crippen molar-refractivity contribution < 1.29 is 9.90 Å². The fraction of sp³-hybridized carbons (Fsp3) is 0.0833. The zero-order valence-corrected chi connectivity index (χ0v) is 11.2. The molecule has 100 valence electrons. The molecule has 0 aliphatic carbocycles. The molecule has 0 amide bonds. The topological polar surface area (TPSA) is 101 Å². The molecule has 8 heteroatoms. The number of nitrogens with zero attached hydrogens (tertiary/aromatic N) is 4. The lowest BCUT2D eigenvalue weighted by molar-refractivity contribution is 0.0701. The van der Waals surface area contributed by atoms with Crippen LogP contribution in [0.15, 0.2) is 25.0 Å². The molecule has 0 atom stereocenters. The summed E-state index contributed by atoms with van der Waals surface area (Å²) in [6, 6.07) is 0. The van der Waals surface area contributed by atoms with E-state index in [1.54, 1.807) is 19.3 Å². The van der Waals surface area contributed by atoms with Crippen molar-refractivity contribution in [2.24, 2.45) is 0 Å². The monoisotopic (exact) mass is 287 g/mol. The largest absolute Gasteiger partial charge is 0.477 e. The van der Waals surface area contributed by atoms with Crippen molar-refractivity contribution in [3.63, 3.8) is 0 Å². The Kier molecular flexibility index (Phi) is 2.99. The minimum absolute atomic E-state index is 0.271. The van der Waals surface area contributed by atoms with Gasteiger partial charge in [-0.1, -0.05) is 0 Å². The molecule has 0 bridgehead atoms. The highest BCUT2D eigenvalue weighted by Gasteiger charge is 2.18. The standard InChI is InChI=1S/C12H9N5O2S/c1-6-8-10(17-7-2-13-4-14-3-7)15-5-16-11(8)20-9(6)12(18)19/h2-5H,1H3,(H,18,19)(H,15,16,17). The number of carboxylic acid groups (broad SMARTS) is 1. The maximum absolute atomic E-state index is 11.2. The number of hydrogen-bond donors (Lipinski definition) is 2. The van der Waals surface area contributed by atoms with Crippen LogP contribution in [-0.2, 0) is 0 Å². The highest BCUT2D eigenvalue weighted by atomic mass is 32.1. The molecule has 0 saturated heterocycles. The molecular formula is C12H9N5O2S. The van der Waals surface area contributed by atoms with Gasteiger partial charge in [0.25, 0.3) is 0 Å². The molecule has 20 heavy (non-hydrogen) atoms. The Balaban J connectivity index is 2.14. The number of carboxylic acids is 1. The molecule has 0 aromatic carbocycles. The van der Waals surface area contributed by atoms with Crippen LogP contribution in [0.2, 0.25) is 0 Å². The van der Waals surface area contributed by atoms with Crippen LogP contribution in [0.5, 0.6) is 0 Å². The van der Waals surface area contributed by atoms with Crippen molar-refractivity contribution in [1.82, 2.24) is 19.9 Å². The minimum atomic E-state index is -0.959. The molecule has 0 saturated carbocycles. The highest BCUT2D eigenvalue weighted by molar-refractivity contribution is 7.20. The van der Waals surface area contributed by atoms with Gasteiger partial charge in [0.05, 0.1) is 23.5 Å². The predicted octanol–water partition coefficient (Wildman–Crippen LogP) is 2.23. The summed E-state index contributed by atoms with van der Waals surface area (Å²) in [5, 5.41) is 13.0. The quantitative estimate of drug-likeness (QED) is 0.761. The van der Waals surface area contributed by atoms with Crippen LogP contribution >= 0.6 is 11.3 Å². The van der Waals surface area contributed by atoms with Crippen LogP contribution in [0.25, 0.3) is 10.2 Å². The summed E-state index contributed by atoms with van der Waals surface area (Å²) in [6.45, 7) is 1.75. The van der Waals surface area contributed by atoms with Gasteiger partial charge in [-0.25, -0.2) is 24.7 Å². The van der Waals surface area contributed by atoms with E-state index in [0.29, 0.717) is 27.3 Å². The van der Waals surface area contributed by atoms with Gasteiger partial charge in [0.15, 0.2) is 0 Å². The van der Waals surface area contributed by atoms with E-state index in [0.717, 1.165) is 11.3 Å². The molecule has 2 N–H and O–H groups in total. The summed E-state index contributed by atoms with van der Waals surface area (Å²) in [6.07, 6.45) is 6.05. The molecular weight excluding hydrogens is 278 g/mol. The highest BCUT2D eigenvalue weighted by Crippen LogP contribution is 2.34. The average molecular weight is 287 g/mol. The molecule has 3 rings (SSSR count). The lowest BCUT2D eigenvalue weighted by Crippen LogP contribution is -1.97. The van der Waals surface area contributed by atoms with E-state index in [4.69, 9.17) is 5.11 Å². The van der Waals surface area contributed by atoms with Crippen LogP contribution in [0, 0.1) is 6.92 Å². The second-order valence-corrected chi connectivity index (χ2v) is 5.01. The zero-order chi connectivity index (χ0) is 14.1. The van der Waals surface area contributed by atoms with Gasteiger partial charge in [-0.05, 0) is 12.5 Å². The third kappa shape index (κ3) is 2.05. The molecule has 0 radical (unpaired) electrons. The van der Waals surface area contributed by atoms with E-state index in [2.05, 4.69) is 25.3 Å². The molecule has 0 aliphatic heterocycles. The third-order valence-electron chi connectivity index (χ3n) is 2.74. The minimum Gasteiger partial charge on any atom is -0.477 e. The number of hydrogen-bond acceptors (Lipinski definition) is 7. The summed E-state index contributed by atoms with van der Waals surface area (Å²) < 4.78 is 0. The van der Waals surface area contributed by atoms with Crippen LogP contribution in [0.4, 0.5) is 11.5 Å². The normalized spacial score (nSPS) is 10.7. The Morgan fingerprint density at radius 1 is 1.25 bits per heavy atom. The van der Waals surface area contributed by atoms with E-state index < -0.39 is 5.97 Å². The number of rotatable bonds is 3. The summed E-state index contributed by atoms with van der Waals surface area (Å²) in [5.74, 6) is -0.412. The number of aromatic nitrogens is 4. The van der Waals surface area contributed by atoms with Crippen molar-refractivity contribution in [3.8, 4) is 0 Å². The number of aromatic carboxylic acids is 1. The zero-order valence-electron chi connectivity index (χ0n) is 10.4. The van der Waals surface area contributed by atoms with Crippen LogP contribution in [-0.4, -0.2) is 31.0 Å². The first kappa shape index (κ1) is 12.4. The third-order valence-corrected chi connectivity index (χ3v) is 3.93. The van der Waals surface area contributed by atoms with Gasteiger partial charge in [-0.3, -0.25) is 0 Å². The van der Waals surface area contributed by atoms with Crippen molar-refractivity contribution in [2.45, 2.75) is 6.92 Å². The Bertz CT molecular complexity index is 787. The van der Waals surface area contributed by atoms with E-state index in [9.17, 15) is 4.79 Å². The number of nitrogens with one attached hydrogen (secondary N) is 1. The Morgan fingerprint density at radius 2 is 2.00 bits per heavy atom. The maximum atomic E-state index is 11.2. The molecule has 0 spiro atoms. The van der Waals surface area contributed by atoms with Gasteiger partial charge in [0.1, 0.15) is 28.2 Å². The number of anilines is 2. The average Bonchev–Trinajstić information content (AvgIpc) is 2.79. The smallest absolute Gasteiger partial charge is 0.346 e. The van der Waals surface area contributed by atoms with Gasteiger partial charge in [-0.2, -0.15) is 0 Å². The number of fused-ring (bicyclic) bond motifs is 1. The van der Waals surface area contributed by atoms with Crippen LogP contribution in [0.3, 0.4) is 0 Å². The van der Waals surface area contributed by atoms with Gasteiger partial charge < -0.3 is 10.4 Å². The van der Waals surface area contributed by atoms with Crippen LogP contribution in [0.1, 0.15) is 15.2 Å². The van der Waals surface area contributed by atoms with Gasteiger partial charge >= 0.3 is 5.97 Å². The fourth-order valence-corrected chi connectivity index (χ4v) is 2.86. The number of thiophene rings is 1. The van der Waals surface area contributed by atoms with Gasteiger partial charge in [0, 0.05) is 0 Å². The molecule has 0 unspecified atom stereocenters. The Hall–Kier alpha value is -2.61. The molecule has 3 aromatic rings. The Labute approximate surface area is 117 Å². The van der Waals surface area contributed by atoms with Crippen molar-refractivity contribution >= 4 is 39.0 Å².